The van der Waals surface area contributed by atoms with Gasteiger partial charge in [0.05, 0.1) is 11.5 Å². The number of para-hydroxylation sites is 1. The lowest BCUT2D eigenvalue weighted by molar-refractivity contribution is 0.0212. The highest BCUT2D eigenvalue weighted by molar-refractivity contribution is 6.16. The zero-order valence-corrected chi connectivity index (χ0v) is 12.2. The Balaban J connectivity index is 2.44. The summed E-state index contributed by atoms with van der Waals surface area (Å²) < 4.78 is 7.46. The average molecular weight is 280 g/mol. The molecule has 1 aromatic carbocycles. The van der Waals surface area contributed by atoms with E-state index >= 15 is 0 Å². The Morgan fingerprint density at radius 2 is 1.79 bits per heavy atom. The van der Waals surface area contributed by atoms with Crippen molar-refractivity contribution in [1.82, 2.24) is 14.8 Å². The smallest absolute Gasteiger partial charge is 0.152 e. The van der Waals surface area contributed by atoms with Crippen molar-refractivity contribution in [2.24, 2.45) is 0 Å². The van der Waals surface area contributed by atoms with Gasteiger partial charge in [-0.25, -0.2) is 0 Å². The van der Waals surface area contributed by atoms with Crippen molar-refractivity contribution in [3.05, 3.63) is 42.0 Å². The fourth-order valence-corrected chi connectivity index (χ4v) is 2.06. The molecule has 102 valence electrons. The molecule has 1 aromatic heterocycles. The number of rotatable bonds is 5. The van der Waals surface area contributed by atoms with E-state index in [1.165, 1.54) is 0 Å². The van der Waals surface area contributed by atoms with Crippen LogP contribution in [0.25, 0.3) is 5.69 Å². The third-order valence-electron chi connectivity index (χ3n) is 3.07. The van der Waals surface area contributed by atoms with Gasteiger partial charge in [0, 0.05) is 19.2 Å². The number of benzene rings is 1. The zero-order valence-electron chi connectivity index (χ0n) is 11.4. The van der Waals surface area contributed by atoms with Crippen LogP contribution in [0.3, 0.4) is 0 Å². The highest BCUT2D eigenvalue weighted by Crippen LogP contribution is 2.20. The lowest BCUT2D eigenvalue weighted by atomic mass is 10.0. The topological polar surface area (TPSA) is 39.9 Å². The van der Waals surface area contributed by atoms with Crippen molar-refractivity contribution in [2.45, 2.75) is 31.7 Å². The van der Waals surface area contributed by atoms with E-state index in [0.29, 0.717) is 12.3 Å². The molecule has 1 heterocycles. The molecule has 0 fully saturated rings. The summed E-state index contributed by atoms with van der Waals surface area (Å²) in [4.78, 5) is 0. The molecular weight excluding hydrogens is 262 g/mol. The molecule has 0 unspecified atom stereocenters. The highest BCUT2D eigenvalue weighted by Gasteiger charge is 2.23. The van der Waals surface area contributed by atoms with Crippen LogP contribution in [0.5, 0.6) is 0 Å². The van der Waals surface area contributed by atoms with Gasteiger partial charge in [-0.1, -0.05) is 18.2 Å². The third-order valence-corrected chi connectivity index (χ3v) is 3.31. The van der Waals surface area contributed by atoms with E-state index < -0.39 is 0 Å². The number of halogens is 1. The summed E-state index contributed by atoms with van der Waals surface area (Å²) in [6.45, 7) is 4.05. The van der Waals surface area contributed by atoms with Crippen LogP contribution in [0.1, 0.15) is 25.5 Å². The van der Waals surface area contributed by atoms with Crippen LogP contribution in [0.4, 0.5) is 0 Å². The molecule has 0 N–H and O–H groups in total. The summed E-state index contributed by atoms with van der Waals surface area (Å²) in [6.07, 6.45) is 0.669. The summed E-state index contributed by atoms with van der Waals surface area (Å²) in [7, 11) is 1.70. The second-order valence-corrected chi connectivity index (χ2v) is 5.24. The molecule has 0 amide bonds. The maximum absolute atomic E-state index is 5.95. The summed E-state index contributed by atoms with van der Waals surface area (Å²) >= 11 is 5.95. The number of methoxy groups -OCH3 is 1. The van der Waals surface area contributed by atoms with Crippen LogP contribution >= 0.6 is 11.6 Å². The average Bonchev–Trinajstić information content (AvgIpc) is 2.82. The first-order valence-corrected chi connectivity index (χ1v) is 6.70. The first-order valence-electron chi connectivity index (χ1n) is 6.17. The van der Waals surface area contributed by atoms with E-state index in [4.69, 9.17) is 16.3 Å². The van der Waals surface area contributed by atoms with Gasteiger partial charge in [-0.2, -0.15) is 0 Å². The van der Waals surface area contributed by atoms with E-state index in [1.807, 2.05) is 48.7 Å². The summed E-state index contributed by atoms with van der Waals surface area (Å²) in [5.74, 6) is 1.93. The molecule has 0 saturated carbocycles. The quantitative estimate of drug-likeness (QED) is 0.790. The van der Waals surface area contributed by atoms with Crippen LogP contribution in [-0.2, 0) is 17.0 Å². The second-order valence-electron chi connectivity index (χ2n) is 4.98. The van der Waals surface area contributed by atoms with Gasteiger partial charge >= 0.3 is 0 Å². The molecule has 2 aromatic rings. The molecule has 0 spiro atoms. The van der Waals surface area contributed by atoms with Crippen LogP contribution in [-0.4, -0.2) is 27.5 Å². The van der Waals surface area contributed by atoms with E-state index in [1.54, 1.807) is 7.11 Å². The summed E-state index contributed by atoms with van der Waals surface area (Å²) in [6, 6.07) is 9.98. The van der Waals surface area contributed by atoms with E-state index in [0.717, 1.165) is 17.3 Å². The largest absolute Gasteiger partial charge is 0.378 e. The molecule has 0 radical (unpaired) electrons. The highest BCUT2D eigenvalue weighted by atomic mass is 35.5. The number of aromatic nitrogens is 3. The Kier molecular flexibility index (Phi) is 4.22. The van der Waals surface area contributed by atoms with Gasteiger partial charge in [0.25, 0.3) is 0 Å². The fraction of sp³-hybridized carbons (Fsp3) is 0.429. The van der Waals surface area contributed by atoms with Crippen molar-refractivity contribution >= 4 is 11.6 Å². The summed E-state index contributed by atoms with van der Waals surface area (Å²) in [5.41, 5.74) is 0.730. The standard InChI is InChI=1S/C14H18ClN3O/c1-14(2,19-3)9-12-16-17-13(10-15)18(12)11-7-5-4-6-8-11/h4-8H,9-10H2,1-3H3. The van der Waals surface area contributed by atoms with Gasteiger partial charge < -0.3 is 4.74 Å². The maximum atomic E-state index is 5.95. The van der Waals surface area contributed by atoms with Gasteiger partial charge in [-0.05, 0) is 26.0 Å². The number of alkyl halides is 1. The molecule has 0 aliphatic heterocycles. The first-order chi connectivity index (χ1) is 9.07. The fourth-order valence-electron chi connectivity index (χ4n) is 1.88. The van der Waals surface area contributed by atoms with Crippen molar-refractivity contribution in [1.29, 1.82) is 0 Å². The predicted octanol–water partition coefficient (Wildman–Crippen LogP) is 2.97. The van der Waals surface area contributed by atoms with Crippen LogP contribution < -0.4 is 0 Å². The Labute approximate surface area is 118 Å². The number of ether oxygens (including phenoxy) is 1. The van der Waals surface area contributed by atoms with Gasteiger partial charge in [0.1, 0.15) is 5.82 Å². The molecule has 0 aliphatic carbocycles. The van der Waals surface area contributed by atoms with Crippen LogP contribution in [0, 0.1) is 0 Å². The zero-order chi connectivity index (χ0) is 13.9. The van der Waals surface area contributed by atoms with Gasteiger partial charge in [0.15, 0.2) is 5.82 Å². The molecule has 19 heavy (non-hydrogen) atoms. The molecule has 0 bridgehead atoms. The minimum absolute atomic E-state index is 0.289. The molecule has 0 atom stereocenters. The third kappa shape index (κ3) is 3.14. The lowest BCUT2D eigenvalue weighted by Crippen LogP contribution is -2.27. The monoisotopic (exact) mass is 279 g/mol. The van der Waals surface area contributed by atoms with Gasteiger partial charge in [-0.15, -0.1) is 21.8 Å². The SMILES string of the molecule is COC(C)(C)Cc1nnc(CCl)n1-c1ccccc1. The normalized spacial score (nSPS) is 11.8. The molecule has 0 aliphatic rings. The minimum atomic E-state index is -0.289. The molecule has 0 saturated heterocycles. The van der Waals surface area contributed by atoms with Gasteiger partial charge in [0.2, 0.25) is 0 Å². The Hall–Kier alpha value is -1.39. The van der Waals surface area contributed by atoms with Crippen LogP contribution in [0.15, 0.2) is 30.3 Å². The molecule has 2 rings (SSSR count). The Morgan fingerprint density at radius 3 is 2.37 bits per heavy atom. The van der Waals surface area contributed by atoms with Crippen molar-refractivity contribution in [2.75, 3.05) is 7.11 Å². The predicted molar refractivity (Wildman–Crippen MR) is 75.7 cm³/mol. The Bertz CT molecular complexity index is 537. The van der Waals surface area contributed by atoms with Crippen molar-refractivity contribution < 1.29 is 4.74 Å². The summed E-state index contributed by atoms with van der Waals surface area (Å²) in [5, 5.41) is 8.40. The number of hydrogen-bond acceptors (Lipinski definition) is 3. The molecule has 4 nitrogen and oxygen atoms in total. The van der Waals surface area contributed by atoms with Crippen LogP contribution in [0.2, 0.25) is 0 Å². The number of nitrogens with zero attached hydrogens (tertiary/aromatic N) is 3. The molecule has 5 heteroatoms. The second kappa shape index (κ2) is 5.72. The van der Waals surface area contributed by atoms with E-state index in [9.17, 15) is 0 Å². The van der Waals surface area contributed by atoms with Crippen molar-refractivity contribution in [3.63, 3.8) is 0 Å². The first kappa shape index (κ1) is 14.0. The maximum Gasteiger partial charge on any atom is 0.152 e. The van der Waals surface area contributed by atoms with Gasteiger partial charge in [-0.3, -0.25) is 4.57 Å². The minimum Gasteiger partial charge on any atom is -0.378 e. The van der Waals surface area contributed by atoms with E-state index in [2.05, 4.69) is 10.2 Å². The molecular formula is C14H18ClN3O. The van der Waals surface area contributed by atoms with E-state index in [-0.39, 0.29) is 5.60 Å². The van der Waals surface area contributed by atoms with Crippen molar-refractivity contribution in [3.8, 4) is 5.69 Å². The Morgan fingerprint density at radius 1 is 1.16 bits per heavy atom. The lowest BCUT2D eigenvalue weighted by Gasteiger charge is -2.22. The number of hydrogen-bond donors (Lipinski definition) is 0.